The molecule has 1 aromatic heterocycles. The molecule has 35 heavy (non-hydrogen) atoms. The van der Waals surface area contributed by atoms with E-state index >= 15 is 0 Å². The molecule has 0 spiro atoms. The molecule has 2 aliphatic heterocycles. The molecule has 1 unspecified atom stereocenters. The van der Waals surface area contributed by atoms with Crippen molar-refractivity contribution >= 4 is 35.1 Å². The summed E-state index contributed by atoms with van der Waals surface area (Å²) in [5.41, 5.74) is 4.56. The van der Waals surface area contributed by atoms with Gasteiger partial charge in [0, 0.05) is 23.3 Å². The third-order valence-corrected chi connectivity index (χ3v) is 7.02. The van der Waals surface area contributed by atoms with Gasteiger partial charge >= 0.3 is 6.09 Å². The molecule has 2 N–H and O–H groups in total. The number of nitrogens with zero attached hydrogens (tertiary/aromatic N) is 2. The van der Waals surface area contributed by atoms with Crippen LogP contribution < -0.4 is 20.3 Å². The van der Waals surface area contributed by atoms with E-state index < -0.39 is 0 Å². The maximum absolute atomic E-state index is 12.5. The van der Waals surface area contributed by atoms with Crippen LogP contribution in [0.4, 0.5) is 16.2 Å². The van der Waals surface area contributed by atoms with Crippen LogP contribution >= 0.6 is 11.8 Å². The molecule has 2 amide bonds. The van der Waals surface area contributed by atoms with Crippen LogP contribution in [0.2, 0.25) is 0 Å². The van der Waals surface area contributed by atoms with Gasteiger partial charge < -0.3 is 20.1 Å². The molecule has 0 saturated carbocycles. The molecule has 1 fully saturated rings. The van der Waals surface area contributed by atoms with E-state index in [0.717, 1.165) is 38.8 Å². The second-order valence-corrected chi connectivity index (χ2v) is 9.38. The van der Waals surface area contributed by atoms with E-state index in [2.05, 4.69) is 21.7 Å². The molecule has 2 aromatic carbocycles. The van der Waals surface area contributed by atoms with E-state index in [1.54, 1.807) is 12.0 Å². The smallest absolute Gasteiger partial charge is 0.414 e. The van der Waals surface area contributed by atoms with Crippen molar-refractivity contribution in [1.82, 2.24) is 10.3 Å². The lowest BCUT2D eigenvalue weighted by molar-refractivity contribution is -0.113. The summed E-state index contributed by atoms with van der Waals surface area (Å²) < 4.78 is 10.9. The highest BCUT2D eigenvalue weighted by molar-refractivity contribution is 8.00. The van der Waals surface area contributed by atoms with Crippen molar-refractivity contribution in [3.05, 3.63) is 66.5 Å². The molecule has 3 aromatic rings. The van der Waals surface area contributed by atoms with Crippen LogP contribution in [0.1, 0.15) is 12.1 Å². The van der Waals surface area contributed by atoms with Gasteiger partial charge in [-0.1, -0.05) is 12.1 Å². The van der Waals surface area contributed by atoms with Crippen molar-refractivity contribution in [2.45, 2.75) is 24.0 Å². The lowest BCUT2D eigenvalue weighted by Crippen LogP contribution is -2.26. The minimum atomic E-state index is -0.364. The van der Waals surface area contributed by atoms with E-state index in [0.29, 0.717) is 31.8 Å². The Kier molecular flexibility index (Phi) is 6.87. The van der Waals surface area contributed by atoms with E-state index in [9.17, 15) is 9.59 Å². The number of carbonyl (C=O) groups excluding carboxylic acids is 2. The fourth-order valence-electron chi connectivity index (χ4n) is 4.16. The molecule has 0 aliphatic carbocycles. The fraction of sp³-hybridized carbons (Fsp3) is 0.269. The van der Waals surface area contributed by atoms with Crippen molar-refractivity contribution in [1.29, 1.82) is 0 Å². The lowest BCUT2D eigenvalue weighted by Gasteiger charge is -2.20. The van der Waals surface area contributed by atoms with Crippen molar-refractivity contribution in [3.63, 3.8) is 0 Å². The van der Waals surface area contributed by atoms with Gasteiger partial charge in [-0.2, -0.15) is 0 Å². The number of benzene rings is 2. The summed E-state index contributed by atoms with van der Waals surface area (Å²) in [6.07, 6.45) is 1.93. The first-order valence-electron chi connectivity index (χ1n) is 11.4. The maximum atomic E-state index is 12.5. The van der Waals surface area contributed by atoms with Gasteiger partial charge in [-0.05, 0) is 66.6 Å². The predicted octanol–water partition coefficient (Wildman–Crippen LogP) is 4.31. The van der Waals surface area contributed by atoms with E-state index in [4.69, 9.17) is 9.47 Å². The highest BCUT2D eigenvalue weighted by Crippen LogP contribution is 2.35. The van der Waals surface area contributed by atoms with Crippen LogP contribution in [-0.4, -0.2) is 49.0 Å². The second kappa shape index (κ2) is 10.4. The third-order valence-electron chi connectivity index (χ3n) is 5.95. The molecule has 9 heteroatoms. The molecular weight excluding hydrogens is 464 g/mol. The van der Waals surface area contributed by atoms with Crippen LogP contribution in [0.3, 0.4) is 0 Å². The zero-order chi connectivity index (χ0) is 24.2. The molecule has 3 heterocycles. The number of amides is 2. The zero-order valence-corrected chi connectivity index (χ0v) is 20.1. The van der Waals surface area contributed by atoms with Gasteiger partial charge in [0.05, 0.1) is 30.8 Å². The summed E-state index contributed by atoms with van der Waals surface area (Å²) in [6, 6.07) is 17.6. The number of ether oxygens (including phenoxy) is 2. The average molecular weight is 491 g/mol. The lowest BCUT2D eigenvalue weighted by atomic mass is 10.1. The number of methoxy groups -OCH3 is 1. The monoisotopic (exact) mass is 490 g/mol. The van der Waals surface area contributed by atoms with E-state index in [1.165, 1.54) is 11.8 Å². The summed E-state index contributed by atoms with van der Waals surface area (Å²) in [7, 11) is 1.66. The van der Waals surface area contributed by atoms with E-state index in [1.807, 2.05) is 54.7 Å². The highest BCUT2D eigenvalue weighted by Gasteiger charge is 2.32. The average Bonchev–Trinajstić information content (AvgIpc) is 3.26. The quantitative estimate of drug-likeness (QED) is 0.455. The first kappa shape index (κ1) is 23.2. The molecule has 1 saturated heterocycles. The van der Waals surface area contributed by atoms with Gasteiger partial charge in [0.15, 0.2) is 0 Å². The number of hydrogen-bond acceptors (Lipinski definition) is 7. The molecule has 2 aliphatic rings. The van der Waals surface area contributed by atoms with Crippen LogP contribution in [-0.2, 0) is 16.1 Å². The molecule has 0 radical (unpaired) electrons. The first-order valence-corrected chi connectivity index (χ1v) is 12.4. The Hall–Kier alpha value is -3.56. The van der Waals surface area contributed by atoms with Gasteiger partial charge in [-0.15, -0.1) is 11.8 Å². The van der Waals surface area contributed by atoms with Gasteiger partial charge in [-0.25, -0.2) is 4.79 Å². The Balaban J connectivity index is 1.13. The van der Waals surface area contributed by atoms with Crippen molar-refractivity contribution in [2.24, 2.45) is 0 Å². The van der Waals surface area contributed by atoms with Crippen molar-refractivity contribution < 1.29 is 19.1 Å². The Morgan fingerprint density at radius 3 is 2.94 bits per heavy atom. The van der Waals surface area contributed by atoms with Crippen LogP contribution in [0, 0.1) is 0 Å². The number of cyclic esters (lactones) is 1. The van der Waals surface area contributed by atoms with Gasteiger partial charge in [-0.3, -0.25) is 14.7 Å². The topological polar surface area (TPSA) is 92.8 Å². The highest BCUT2D eigenvalue weighted by atomic mass is 32.2. The minimum absolute atomic E-state index is 0.0314. The molecule has 5 rings (SSSR count). The molecular formula is C26H26N4O4S. The molecule has 1 atom stereocenters. The number of nitrogens with one attached hydrogen (secondary N) is 2. The number of pyridine rings is 1. The number of aromatic nitrogens is 1. The van der Waals surface area contributed by atoms with Crippen LogP contribution in [0.15, 0.2) is 65.7 Å². The van der Waals surface area contributed by atoms with E-state index in [-0.39, 0.29) is 18.1 Å². The summed E-state index contributed by atoms with van der Waals surface area (Å²) in [6.45, 7) is 1.78. The van der Waals surface area contributed by atoms with Gasteiger partial charge in [0.1, 0.15) is 11.9 Å². The molecule has 180 valence electrons. The number of rotatable bonds is 8. The molecule has 0 bridgehead atoms. The third kappa shape index (κ3) is 5.41. The Labute approximate surface area is 208 Å². The summed E-state index contributed by atoms with van der Waals surface area (Å²) in [5.74, 6) is 1.20. The van der Waals surface area contributed by atoms with Crippen molar-refractivity contribution in [3.8, 4) is 16.9 Å². The Morgan fingerprint density at radius 1 is 1.17 bits per heavy atom. The van der Waals surface area contributed by atoms with Crippen molar-refractivity contribution in [2.75, 3.05) is 36.2 Å². The SMILES string of the molecule is COc1cccc(-c2ccnc(CNCCC3CN(c4ccc5c(c4)NC(=O)CS5)C(=O)O3)c2)c1. The van der Waals surface area contributed by atoms with Crippen LogP contribution in [0.5, 0.6) is 5.75 Å². The van der Waals surface area contributed by atoms with Gasteiger partial charge in [0.2, 0.25) is 5.91 Å². The number of hydrogen-bond donors (Lipinski definition) is 2. The predicted molar refractivity (Wildman–Crippen MR) is 136 cm³/mol. The second-order valence-electron chi connectivity index (χ2n) is 8.37. The fourth-order valence-corrected chi connectivity index (χ4v) is 4.95. The van der Waals surface area contributed by atoms with Gasteiger partial charge in [0.25, 0.3) is 0 Å². The van der Waals surface area contributed by atoms with Crippen LogP contribution in [0.25, 0.3) is 11.1 Å². The Bertz CT molecular complexity index is 1250. The normalized spacial score (nSPS) is 17.1. The number of anilines is 2. The Morgan fingerprint density at radius 2 is 2.06 bits per heavy atom. The number of thioether (sulfide) groups is 1. The maximum Gasteiger partial charge on any atom is 0.414 e. The molecule has 8 nitrogen and oxygen atoms in total. The number of carbonyl (C=O) groups is 2. The standard InChI is InChI=1S/C26H26N4O4S/c1-33-21-4-2-3-17(12-21)18-7-10-28-19(11-18)14-27-9-8-22-15-30(26(32)34-22)20-5-6-24-23(13-20)29-25(31)16-35-24/h2-7,10-13,22,27H,8-9,14-16H2,1H3,(H,29,31). The largest absolute Gasteiger partial charge is 0.497 e. The minimum Gasteiger partial charge on any atom is -0.497 e. The summed E-state index contributed by atoms with van der Waals surface area (Å²) in [5, 5.41) is 6.26. The first-order chi connectivity index (χ1) is 17.1. The number of fused-ring (bicyclic) bond motifs is 1. The summed E-state index contributed by atoms with van der Waals surface area (Å²) >= 11 is 1.50. The summed E-state index contributed by atoms with van der Waals surface area (Å²) in [4.78, 5) is 31.2. The zero-order valence-electron chi connectivity index (χ0n) is 19.3.